The topological polar surface area (TPSA) is 53.0 Å². The lowest BCUT2D eigenvalue weighted by atomic mass is 9.75. The van der Waals surface area contributed by atoms with Gasteiger partial charge in [0.05, 0.1) is 6.07 Å². The molecule has 0 saturated heterocycles. The molecular weight excluding hydrogens is 198 g/mol. The van der Waals surface area contributed by atoms with E-state index >= 15 is 0 Å². The maximum atomic E-state index is 8.92. The van der Waals surface area contributed by atoms with Gasteiger partial charge in [0.2, 0.25) is 0 Å². The summed E-state index contributed by atoms with van der Waals surface area (Å²) in [5, 5.41) is 8.92. The van der Waals surface area contributed by atoms with Gasteiger partial charge in [-0.3, -0.25) is 0 Å². The van der Waals surface area contributed by atoms with Crippen molar-refractivity contribution >= 4 is 0 Å². The van der Waals surface area contributed by atoms with Gasteiger partial charge in [0.1, 0.15) is 5.54 Å². The summed E-state index contributed by atoms with van der Waals surface area (Å²) in [4.78, 5) is 2.26. The fraction of sp³-hybridized carbons (Fsp3) is 0.923. The molecule has 2 N–H and O–H groups in total. The molecule has 92 valence electrons. The molecule has 0 amide bonds. The van der Waals surface area contributed by atoms with Crippen LogP contribution in [-0.4, -0.2) is 30.1 Å². The number of nitriles is 1. The monoisotopic (exact) mass is 223 g/mol. The standard InChI is InChI=1S/C13H25N3/c1-12(2)7-5-11(6-8-12)16(4)10-13(3,15)9-14/h11H,5-8,10,15H2,1-4H3. The highest BCUT2D eigenvalue weighted by atomic mass is 15.1. The number of hydrogen-bond acceptors (Lipinski definition) is 3. The molecule has 0 aromatic heterocycles. The van der Waals surface area contributed by atoms with Crippen molar-refractivity contribution in [3.8, 4) is 6.07 Å². The lowest BCUT2D eigenvalue weighted by Crippen LogP contribution is -2.49. The van der Waals surface area contributed by atoms with Crippen LogP contribution in [0.25, 0.3) is 0 Å². The number of rotatable bonds is 3. The van der Waals surface area contributed by atoms with Crippen molar-refractivity contribution in [1.29, 1.82) is 5.26 Å². The lowest BCUT2D eigenvalue weighted by Gasteiger charge is -2.40. The quantitative estimate of drug-likeness (QED) is 0.797. The van der Waals surface area contributed by atoms with Gasteiger partial charge in [-0.05, 0) is 45.1 Å². The highest BCUT2D eigenvalue weighted by molar-refractivity contribution is 5.03. The van der Waals surface area contributed by atoms with Crippen molar-refractivity contribution in [3.63, 3.8) is 0 Å². The molecule has 1 aliphatic rings. The van der Waals surface area contributed by atoms with E-state index in [0.29, 0.717) is 18.0 Å². The molecule has 0 bridgehead atoms. The van der Waals surface area contributed by atoms with E-state index < -0.39 is 5.54 Å². The van der Waals surface area contributed by atoms with Gasteiger partial charge in [-0.15, -0.1) is 0 Å². The zero-order chi connectivity index (χ0) is 12.4. The Kier molecular flexibility index (Phi) is 3.98. The van der Waals surface area contributed by atoms with E-state index in [2.05, 4.69) is 31.9 Å². The van der Waals surface area contributed by atoms with E-state index in [4.69, 9.17) is 11.0 Å². The second kappa shape index (κ2) is 4.73. The van der Waals surface area contributed by atoms with Gasteiger partial charge < -0.3 is 10.6 Å². The summed E-state index contributed by atoms with van der Waals surface area (Å²) in [5.41, 5.74) is 5.65. The molecule has 0 spiro atoms. The second-order valence-corrected chi connectivity index (χ2v) is 6.34. The Morgan fingerprint density at radius 3 is 2.38 bits per heavy atom. The molecule has 1 rings (SSSR count). The van der Waals surface area contributed by atoms with Crippen molar-refractivity contribution in [2.24, 2.45) is 11.1 Å². The van der Waals surface area contributed by atoms with Crippen LogP contribution in [0.2, 0.25) is 0 Å². The zero-order valence-electron chi connectivity index (χ0n) is 11.1. The minimum absolute atomic E-state index is 0.499. The van der Waals surface area contributed by atoms with Gasteiger partial charge in [-0.25, -0.2) is 0 Å². The molecule has 0 radical (unpaired) electrons. The third kappa shape index (κ3) is 3.77. The minimum atomic E-state index is -0.721. The molecule has 0 aliphatic heterocycles. The van der Waals surface area contributed by atoms with Crippen LogP contribution in [0.5, 0.6) is 0 Å². The van der Waals surface area contributed by atoms with Crippen LogP contribution < -0.4 is 5.73 Å². The number of nitrogens with zero attached hydrogens (tertiary/aromatic N) is 2. The summed E-state index contributed by atoms with van der Waals surface area (Å²) in [6.45, 7) is 7.14. The smallest absolute Gasteiger partial charge is 0.114 e. The van der Waals surface area contributed by atoms with Crippen molar-refractivity contribution in [2.75, 3.05) is 13.6 Å². The van der Waals surface area contributed by atoms with Crippen LogP contribution >= 0.6 is 0 Å². The van der Waals surface area contributed by atoms with Gasteiger partial charge >= 0.3 is 0 Å². The molecule has 1 atom stereocenters. The molecule has 1 aliphatic carbocycles. The fourth-order valence-electron chi connectivity index (χ4n) is 2.51. The van der Waals surface area contributed by atoms with Gasteiger partial charge in [0.25, 0.3) is 0 Å². The van der Waals surface area contributed by atoms with E-state index in [1.165, 1.54) is 25.7 Å². The first-order valence-corrected chi connectivity index (χ1v) is 6.16. The van der Waals surface area contributed by atoms with Crippen LogP contribution in [-0.2, 0) is 0 Å². The molecular formula is C13H25N3. The molecule has 3 heteroatoms. The summed E-state index contributed by atoms with van der Waals surface area (Å²) in [6, 6.07) is 2.76. The summed E-state index contributed by atoms with van der Waals surface area (Å²) >= 11 is 0. The van der Waals surface area contributed by atoms with E-state index in [1.54, 1.807) is 6.92 Å². The Labute approximate surface area is 99.6 Å². The third-order valence-corrected chi connectivity index (χ3v) is 3.77. The Balaban J connectivity index is 2.46. The van der Waals surface area contributed by atoms with E-state index in [1.807, 2.05) is 0 Å². The summed E-state index contributed by atoms with van der Waals surface area (Å²) in [7, 11) is 2.09. The fourth-order valence-corrected chi connectivity index (χ4v) is 2.51. The van der Waals surface area contributed by atoms with Crippen LogP contribution in [0.1, 0.15) is 46.5 Å². The Morgan fingerprint density at radius 1 is 1.44 bits per heavy atom. The summed E-state index contributed by atoms with van der Waals surface area (Å²) in [6.07, 6.45) is 5.00. The van der Waals surface area contributed by atoms with Gasteiger partial charge in [0, 0.05) is 12.6 Å². The Morgan fingerprint density at radius 2 is 1.94 bits per heavy atom. The van der Waals surface area contributed by atoms with Crippen LogP contribution in [0.3, 0.4) is 0 Å². The molecule has 0 aromatic rings. The van der Waals surface area contributed by atoms with Crippen molar-refractivity contribution in [2.45, 2.75) is 58.0 Å². The minimum Gasteiger partial charge on any atom is -0.313 e. The Hall–Kier alpha value is -0.590. The first kappa shape index (κ1) is 13.5. The summed E-state index contributed by atoms with van der Waals surface area (Å²) in [5.74, 6) is 0. The number of likely N-dealkylation sites (N-methyl/N-ethyl adjacent to an activating group) is 1. The van der Waals surface area contributed by atoms with E-state index in [-0.39, 0.29) is 0 Å². The van der Waals surface area contributed by atoms with Crippen molar-refractivity contribution in [1.82, 2.24) is 4.90 Å². The molecule has 0 heterocycles. The highest BCUT2D eigenvalue weighted by Gasteiger charge is 2.31. The van der Waals surface area contributed by atoms with E-state index in [9.17, 15) is 0 Å². The maximum Gasteiger partial charge on any atom is 0.114 e. The predicted octanol–water partition coefficient (Wildman–Crippen LogP) is 2.13. The predicted molar refractivity (Wildman–Crippen MR) is 66.9 cm³/mol. The van der Waals surface area contributed by atoms with Gasteiger partial charge in [-0.1, -0.05) is 13.8 Å². The first-order valence-electron chi connectivity index (χ1n) is 6.16. The van der Waals surface area contributed by atoms with Crippen molar-refractivity contribution in [3.05, 3.63) is 0 Å². The first-order chi connectivity index (χ1) is 7.26. The average Bonchev–Trinajstić information content (AvgIpc) is 2.16. The normalized spacial score (nSPS) is 25.1. The Bertz CT molecular complexity index is 265. The SMILES string of the molecule is CN(CC(C)(N)C#N)C1CCC(C)(C)CC1. The number of hydrogen-bond donors (Lipinski definition) is 1. The largest absolute Gasteiger partial charge is 0.313 e. The third-order valence-electron chi connectivity index (χ3n) is 3.77. The van der Waals surface area contributed by atoms with Gasteiger partial charge in [0.15, 0.2) is 0 Å². The molecule has 1 unspecified atom stereocenters. The lowest BCUT2D eigenvalue weighted by molar-refractivity contribution is 0.118. The molecule has 1 fully saturated rings. The van der Waals surface area contributed by atoms with E-state index in [0.717, 1.165) is 0 Å². The molecule has 3 nitrogen and oxygen atoms in total. The average molecular weight is 223 g/mol. The molecule has 0 aromatic carbocycles. The molecule has 1 saturated carbocycles. The molecule has 16 heavy (non-hydrogen) atoms. The van der Waals surface area contributed by atoms with Crippen LogP contribution in [0.15, 0.2) is 0 Å². The highest BCUT2D eigenvalue weighted by Crippen LogP contribution is 2.36. The van der Waals surface area contributed by atoms with Crippen molar-refractivity contribution < 1.29 is 0 Å². The van der Waals surface area contributed by atoms with Crippen LogP contribution in [0, 0.1) is 16.7 Å². The van der Waals surface area contributed by atoms with Crippen LogP contribution in [0.4, 0.5) is 0 Å². The second-order valence-electron chi connectivity index (χ2n) is 6.34. The zero-order valence-corrected chi connectivity index (χ0v) is 11.1. The number of nitrogens with two attached hydrogens (primary N) is 1. The maximum absolute atomic E-state index is 8.92. The van der Waals surface area contributed by atoms with Gasteiger partial charge in [-0.2, -0.15) is 5.26 Å². The summed E-state index contributed by atoms with van der Waals surface area (Å²) < 4.78 is 0.